The van der Waals surface area contributed by atoms with Crippen LogP contribution in [-0.4, -0.2) is 15.0 Å². The van der Waals surface area contributed by atoms with Gasteiger partial charge >= 0.3 is 0 Å². The number of hydrogen-bond acceptors (Lipinski definition) is 4. The molecule has 0 atom stereocenters. The lowest BCUT2D eigenvalue weighted by Crippen LogP contribution is -1.98. The molecule has 2 heterocycles. The Balaban J connectivity index is 1.96. The predicted octanol–water partition coefficient (Wildman–Crippen LogP) is 4.42. The van der Waals surface area contributed by atoms with E-state index in [4.69, 9.17) is 16.3 Å². The molecule has 106 valence electrons. The highest BCUT2D eigenvalue weighted by atomic mass is 35.5. The summed E-state index contributed by atoms with van der Waals surface area (Å²) in [5.74, 6) is 1.13. The molecule has 0 aliphatic rings. The van der Waals surface area contributed by atoms with E-state index in [1.165, 1.54) is 6.33 Å². The number of nitrogens with zero attached hydrogens (tertiary/aromatic N) is 3. The first-order chi connectivity index (χ1) is 10.3. The van der Waals surface area contributed by atoms with Gasteiger partial charge in [0.05, 0.1) is 17.3 Å². The lowest BCUT2D eigenvalue weighted by molar-refractivity contribution is 0.453. The van der Waals surface area contributed by atoms with Crippen molar-refractivity contribution < 1.29 is 4.74 Å². The molecular formula is C16H14ClN3O. The number of halogens is 1. The summed E-state index contributed by atoms with van der Waals surface area (Å²) in [6, 6.07) is 9.82. The van der Waals surface area contributed by atoms with Gasteiger partial charge in [-0.3, -0.25) is 4.98 Å². The molecule has 0 radical (unpaired) electrons. The number of pyridine rings is 1. The second-order valence-corrected chi connectivity index (χ2v) is 5.02. The fourth-order valence-electron chi connectivity index (χ4n) is 2.14. The lowest BCUT2D eigenvalue weighted by Gasteiger charge is -2.10. The molecule has 0 bridgehead atoms. The minimum Gasteiger partial charge on any atom is -0.437 e. The summed E-state index contributed by atoms with van der Waals surface area (Å²) in [6.07, 6.45) is 4.81. The highest BCUT2D eigenvalue weighted by Crippen LogP contribution is 2.28. The third-order valence-corrected chi connectivity index (χ3v) is 3.46. The van der Waals surface area contributed by atoms with Crippen molar-refractivity contribution in [3.63, 3.8) is 0 Å². The Morgan fingerprint density at radius 1 is 1.14 bits per heavy atom. The average Bonchev–Trinajstić information content (AvgIpc) is 2.51. The standard InChI is InChI=1S/C16H14ClN3O/c1-2-5-13-15(17)19-10-20-16(13)21-12-8-11-6-3-4-7-14(11)18-9-12/h3-4,6-10H,2,5H2,1H3. The van der Waals surface area contributed by atoms with Gasteiger partial charge in [-0.1, -0.05) is 43.1 Å². The van der Waals surface area contributed by atoms with E-state index < -0.39 is 0 Å². The third-order valence-electron chi connectivity index (χ3n) is 3.13. The van der Waals surface area contributed by atoms with Gasteiger partial charge in [0, 0.05) is 5.39 Å². The monoisotopic (exact) mass is 299 g/mol. The topological polar surface area (TPSA) is 47.9 Å². The van der Waals surface area contributed by atoms with Crippen LogP contribution in [0.5, 0.6) is 11.6 Å². The van der Waals surface area contributed by atoms with Gasteiger partial charge in [0.1, 0.15) is 17.2 Å². The SMILES string of the molecule is CCCc1c(Cl)ncnc1Oc1cnc2ccccc2c1. The van der Waals surface area contributed by atoms with Crippen molar-refractivity contribution in [1.29, 1.82) is 0 Å². The molecule has 0 fully saturated rings. The maximum absolute atomic E-state index is 6.12. The summed E-state index contributed by atoms with van der Waals surface area (Å²) in [6.45, 7) is 2.07. The molecule has 0 saturated heterocycles. The zero-order valence-electron chi connectivity index (χ0n) is 11.6. The van der Waals surface area contributed by atoms with Crippen LogP contribution in [0.4, 0.5) is 0 Å². The maximum atomic E-state index is 6.12. The van der Waals surface area contributed by atoms with Crippen LogP contribution in [0.3, 0.4) is 0 Å². The Morgan fingerprint density at radius 3 is 2.86 bits per heavy atom. The Bertz CT molecular complexity index is 776. The van der Waals surface area contributed by atoms with Crippen molar-refractivity contribution in [2.24, 2.45) is 0 Å². The fourth-order valence-corrected chi connectivity index (χ4v) is 2.36. The molecular weight excluding hydrogens is 286 g/mol. The van der Waals surface area contributed by atoms with Crippen molar-refractivity contribution in [3.05, 3.63) is 53.6 Å². The summed E-state index contributed by atoms with van der Waals surface area (Å²) in [4.78, 5) is 12.6. The first-order valence-corrected chi connectivity index (χ1v) is 7.17. The zero-order chi connectivity index (χ0) is 14.7. The zero-order valence-corrected chi connectivity index (χ0v) is 12.3. The van der Waals surface area contributed by atoms with E-state index in [0.29, 0.717) is 16.8 Å². The number of ether oxygens (including phenoxy) is 1. The molecule has 0 amide bonds. The van der Waals surface area contributed by atoms with Crippen LogP contribution < -0.4 is 4.74 Å². The second kappa shape index (κ2) is 6.06. The van der Waals surface area contributed by atoms with Crippen LogP contribution in [0, 0.1) is 0 Å². The van der Waals surface area contributed by atoms with Crippen LogP contribution in [0.15, 0.2) is 42.9 Å². The van der Waals surface area contributed by atoms with Crippen molar-refractivity contribution in [2.75, 3.05) is 0 Å². The molecule has 0 N–H and O–H groups in total. The van der Waals surface area contributed by atoms with Crippen molar-refractivity contribution in [1.82, 2.24) is 15.0 Å². The molecule has 2 aromatic heterocycles. The molecule has 0 unspecified atom stereocenters. The fraction of sp³-hybridized carbons (Fsp3) is 0.188. The normalized spacial score (nSPS) is 10.8. The summed E-state index contributed by atoms with van der Waals surface area (Å²) in [5, 5.41) is 1.46. The van der Waals surface area contributed by atoms with Gasteiger partial charge in [-0.2, -0.15) is 0 Å². The van der Waals surface area contributed by atoms with Crippen LogP contribution in [-0.2, 0) is 6.42 Å². The van der Waals surface area contributed by atoms with E-state index in [1.54, 1.807) is 6.20 Å². The minimum absolute atomic E-state index is 0.440. The van der Waals surface area contributed by atoms with Crippen LogP contribution in [0.25, 0.3) is 10.9 Å². The van der Waals surface area contributed by atoms with E-state index in [2.05, 4.69) is 21.9 Å². The van der Waals surface area contributed by atoms with E-state index >= 15 is 0 Å². The molecule has 0 aliphatic heterocycles. The highest BCUT2D eigenvalue weighted by Gasteiger charge is 2.11. The Morgan fingerprint density at radius 2 is 2.00 bits per heavy atom. The first kappa shape index (κ1) is 13.8. The molecule has 3 rings (SSSR count). The van der Waals surface area contributed by atoms with Gasteiger partial charge in [-0.15, -0.1) is 0 Å². The van der Waals surface area contributed by atoms with Crippen molar-refractivity contribution in [3.8, 4) is 11.6 Å². The first-order valence-electron chi connectivity index (χ1n) is 6.80. The largest absolute Gasteiger partial charge is 0.437 e. The Kier molecular flexibility index (Phi) is 3.97. The molecule has 1 aromatic carbocycles. The third kappa shape index (κ3) is 2.95. The smallest absolute Gasteiger partial charge is 0.227 e. The van der Waals surface area contributed by atoms with Crippen LogP contribution >= 0.6 is 11.6 Å². The maximum Gasteiger partial charge on any atom is 0.227 e. The number of para-hydroxylation sites is 1. The van der Waals surface area contributed by atoms with E-state index in [-0.39, 0.29) is 0 Å². The molecule has 0 saturated carbocycles. The quantitative estimate of drug-likeness (QED) is 0.669. The molecule has 4 nitrogen and oxygen atoms in total. The van der Waals surface area contributed by atoms with E-state index in [0.717, 1.165) is 29.3 Å². The van der Waals surface area contributed by atoms with Gasteiger partial charge in [0.2, 0.25) is 5.88 Å². The summed E-state index contributed by atoms with van der Waals surface area (Å²) in [5.41, 5.74) is 1.76. The highest BCUT2D eigenvalue weighted by molar-refractivity contribution is 6.30. The molecule has 3 aromatic rings. The Hall–Kier alpha value is -2.20. The summed E-state index contributed by atoms with van der Waals surface area (Å²) in [7, 11) is 0. The molecule has 0 spiro atoms. The molecule has 21 heavy (non-hydrogen) atoms. The van der Waals surface area contributed by atoms with Gasteiger partial charge in [0.25, 0.3) is 0 Å². The number of benzene rings is 1. The van der Waals surface area contributed by atoms with E-state index in [9.17, 15) is 0 Å². The lowest BCUT2D eigenvalue weighted by atomic mass is 10.2. The van der Waals surface area contributed by atoms with Crippen molar-refractivity contribution in [2.45, 2.75) is 19.8 Å². The predicted molar refractivity (Wildman–Crippen MR) is 82.9 cm³/mol. The summed E-state index contributed by atoms with van der Waals surface area (Å²) < 4.78 is 5.85. The van der Waals surface area contributed by atoms with Gasteiger partial charge in [-0.05, 0) is 18.6 Å². The number of fused-ring (bicyclic) bond motifs is 1. The van der Waals surface area contributed by atoms with Crippen LogP contribution in [0.1, 0.15) is 18.9 Å². The molecule has 0 aliphatic carbocycles. The number of hydrogen-bond donors (Lipinski definition) is 0. The number of rotatable bonds is 4. The van der Waals surface area contributed by atoms with Gasteiger partial charge in [0.15, 0.2) is 0 Å². The Labute approximate surface area is 127 Å². The minimum atomic E-state index is 0.440. The average molecular weight is 300 g/mol. The van der Waals surface area contributed by atoms with Gasteiger partial charge in [-0.25, -0.2) is 9.97 Å². The van der Waals surface area contributed by atoms with E-state index in [1.807, 2.05) is 30.3 Å². The van der Waals surface area contributed by atoms with Gasteiger partial charge < -0.3 is 4.74 Å². The van der Waals surface area contributed by atoms with Crippen molar-refractivity contribution >= 4 is 22.5 Å². The number of aromatic nitrogens is 3. The van der Waals surface area contributed by atoms with Crippen LogP contribution in [0.2, 0.25) is 5.15 Å². The second-order valence-electron chi connectivity index (χ2n) is 4.66. The molecule has 5 heteroatoms. The summed E-state index contributed by atoms with van der Waals surface area (Å²) >= 11 is 6.12.